The van der Waals surface area contributed by atoms with E-state index < -0.39 is 32.7 Å². The zero-order valence-corrected chi connectivity index (χ0v) is 15.1. The highest BCUT2D eigenvalue weighted by atomic mass is 32.2. The zero-order chi connectivity index (χ0) is 19.0. The number of hydrogen-bond donors (Lipinski definition) is 2. The maximum atomic E-state index is 13.9. The van der Waals surface area contributed by atoms with E-state index in [1.165, 1.54) is 19.2 Å². The second-order valence-electron chi connectivity index (χ2n) is 5.58. The molecule has 2 N–H and O–H groups in total. The van der Waals surface area contributed by atoms with E-state index in [0.717, 1.165) is 17.7 Å². The molecule has 2 aromatic rings. The molecule has 0 saturated heterocycles. The highest BCUT2D eigenvalue weighted by molar-refractivity contribution is 7.89. The molecule has 2 rings (SSSR count). The monoisotopic (exact) mass is 380 g/mol. The Labute approximate surface area is 152 Å². The summed E-state index contributed by atoms with van der Waals surface area (Å²) in [6.07, 6.45) is 0.132. The highest BCUT2D eigenvalue weighted by Crippen LogP contribution is 2.15. The van der Waals surface area contributed by atoms with Crippen LogP contribution >= 0.6 is 0 Å². The lowest BCUT2D eigenvalue weighted by molar-refractivity contribution is -0.122. The van der Waals surface area contributed by atoms with E-state index in [4.69, 9.17) is 4.74 Å². The maximum Gasteiger partial charge on any atom is 0.244 e. The molecular weight excluding hydrogens is 359 g/mol. The number of sulfonamides is 1. The maximum absolute atomic E-state index is 13.9. The molecule has 6 nitrogen and oxygen atoms in total. The number of carbonyl (C=O) groups is 1. The summed E-state index contributed by atoms with van der Waals surface area (Å²) < 4.78 is 46.1. The van der Waals surface area contributed by atoms with Gasteiger partial charge >= 0.3 is 0 Å². The molecule has 0 aliphatic rings. The smallest absolute Gasteiger partial charge is 0.244 e. The number of carbonyl (C=O) groups excluding carboxylic acids is 1. The van der Waals surface area contributed by atoms with Gasteiger partial charge in [0, 0.05) is 13.7 Å². The second-order valence-corrected chi connectivity index (χ2v) is 7.26. The van der Waals surface area contributed by atoms with Crippen LogP contribution in [0.2, 0.25) is 0 Å². The Morgan fingerprint density at radius 2 is 1.77 bits per heavy atom. The summed E-state index contributed by atoms with van der Waals surface area (Å²) in [4.78, 5) is 11.9. The number of hydrogen-bond acceptors (Lipinski definition) is 4. The van der Waals surface area contributed by atoms with Crippen LogP contribution in [0.3, 0.4) is 0 Å². The molecule has 0 aliphatic carbocycles. The Morgan fingerprint density at radius 3 is 2.42 bits per heavy atom. The van der Waals surface area contributed by atoms with Crippen LogP contribution in [0, 0.1) is 5.82 Å². The van der Waals surface area contributed by atoms with Gasteiger partial charge in [0.15, 0.2) is 0 Å². The first-order valence-electron chi connectivity index (χ1n) is 8.01. The van der Waals surface area contributed by atoms with Crippen molar-refractivity contribution in [3.05, 3.63) is 66.0 Å². The summed E-state index contributed by atoms with van der Waals surface area (Å²) in [5, 5.41) is 2.61. The van der Waals surface area contributed by atoms with Crippen LogP contribution < -0.4 is 10.0 Å². The third-order valence-electron chi connectivity index (χ3n) is 3.63. The fourth-order valence-electron chi connectivity index (χ4n) is 2.35. The molecule has 0 bridgehead atoms. The van der Waals surface area contributed by atoms with E-state index in [0.29, 0.717) is 6.61 Å². The van der Waals surface area contributed by atoms with Crippen molar-refractivity contribution in [1.82, 2.24) is 10.0 Å². The van der Waals surface area contributed by atoms with Crippen molar-refractivity contribution in [1.29, 1.82) is 0 Å². The number of methoxy groups -OCH3 is 1. The van der Waals surface area contributed by atoms with E-state index in [2.05, 4.69) is 10.0 Å². The number of ether oxygens (including phenoxy) is 1. The van der Waals surface area contributed by atoms with Gasteiger partial charge in [0.25, 0.3) is 0 Å². The van der Waals surface area contributed by atoms with E-state index >= 15 is 0 Å². The number of rotatable bonds is 9. The number of benzene rings is 2. The largest absolute Gasteiger partial charge is 0.383 e. The lowest BCUT2D eigenvalue weighted by atomic mass is 10.1. The van der Waals surface area contributed by atoms with Gasteiger partial charge in [0.1, 0.15) is 16.8 Å². The van der Waals surface area contributed by atoms with Gasteiger partial charge in [-0.1, -0.05) is 42.5 Å². The van der Waals surface area contributed by atoms with Crippen LogP contribution in [0.1, 0.15) is 5.56 Å². The predicted molar refractivity (Wildman–Crippen MR) is 95.5 cm³/mol. The van der Waals surface area contributed by atoms with Gasteiger partial charge in [-0.05, 0) is 24.1 Å². The van der Waals surface area contributed by atoms with Gasteiger partial charge in [-0.25, -0.2) is 12.8 Å². The van der Waals surface area contributed by atoms with Crippen LogP contribution in [-0.2, 0) is 26.0 Å². The van der Waals surface area contributed by atoms with Crippen LogP contribution in [0.15, 0.2) is 59.5 Å². The minimum absolute atomic E-state index is 0.132. The van der Waals surface area contributed by atoms with Crippen LogP contribution in [-0.4, -0.2) is 40.6 Å². The van der Waals surface area contributed by atoms with E-state index in [1.54, 1.807) is 24.3 Å². The fourth-order valence-corrected chi connectivity index (χ4v) is 3.62. The standard InChI is InChI=1S/C18H21FN2O4S/c1-25-12-11-20-18(22)16(13-14-7-3-2-4-8-14)21-26(23,24)17-10-6-5-9-15(17)19/h2-10,16,21H,11-13H2,1H3,(H,20,22). The molecule has 1 amide bonds. The number of nitrogens with one attached hydrogen (secondary N) is 2. The van der Waals surface area contributed by atoms with E-state index in [9.17, 15) is 17.6 Å². The molecule has 8 heteroatoms. The molecule has 1 unspecified atom stereocenters. The summed E-state index contributed by atoms with van der Waals surface area (Å²) >= 11 is 0. The van der Waals surface area contributed by atoms with Crippen molar-refractivity contribution in [3.63, 3.8) is 0 Å². The molecule has 26 heavy (non-hydrogen) atoms. The van der Waals surface area contributed by atoms with Gasteiger partial charge in [0.05, 0.1) is 6.61 Å². The summed E-state index contributed by atoms with van der Waals surface area (Å²) in [7, 11) is -2.71. The average molecular weight is 380 g/mol. The highest BCUT2D eigenvalue weighted by Gasteiger charge is 2.27. The molecule has 0 radical (unpaired) electrons. The molecular formula is C18H21FN2O4S. The minimum Gasteiger partial charge on any atom is -0.383 e. The number of amides is 1. The molecule has 0 heterocycles. The minimum atomic E-state index is -4.20. The quantitative estimate of drug-likeness (QED) is 0.646. The Bertz CT molecular complexity index is 828. The first kappa shape index (κ1) is 20.0. The Hall–Kier alpha value is -2.29. The van der Waals surface area contributed by atoms with E-state index in [-0.39, 0.29) is 13.0 Å². The molecule has 0 spiro atoms. The first-order chi connectivity index (χ1) is 12.4. The summed E-state index contributed by atoms with van der Waals surface area (Å²) in [6.45, 7) is 0.534. The molecule has 0 aromatic heterocycles. The SMILES string of the molecule is COCCNC(=O)C(Cc1ccccc1)NS(=O)(=O)c1ccccc1F. The molecule has 140 valence electrons. The van der Waals surface area contributed by atoms with Crippen LogP contribution in [0.25, 0.3) is 0 Å². The molecule has 1 atom stereocenters. The lowest BCUT2D eigenvalue weighted by Crippen LogP contribution is -2.48. The first-order valence-corrected chi connectivity index (χ1v) is 9.50. The van der Waals surface area contributed by atoms with Gasteiger partial charge < -0.3 is 10.1 Å². The second kappa shape index (κ2) is 9.42. The lowest BCUT2D eigenvalue weighted by Gasteiger charge is -2.19. The Balaban J connectivity index is 2.22. The third-order valence-corrected chi connectivity index (χ3v) is 5.13. The normalized spacial score (nSPS) is 12.5. The molecule has 0 fully saturated rings. The zero-order valence-electron chi connectivity index (χ0n) is 14.3. The van der Waals surface area contributed by atoms with Gasteiger partial charge in [-0.15, -0.1) is 0 Å². The van der Waals surface area contributed by atoms with Crippen molar-refractivity contribution in [3.8, 4) is 0 Å². The van der Waals surface area contributed by atoms with Gasteiger partial charge in [0.2, 0.25) is 15.9 Å². The van der Waals surface area contributed by atoms with Gasteiger partial charge in [-0.2, -0.15) is 4.72 Å². The average Bonchev–Trinajstić information content (AvgIpc) is 2.62. The van der Waals surface area contributed by atoms with Crippen molar-refractivity contribution < 1.29 is 22.3 Å². The fraction of sp³-hybridized carbons (Fsp3) is 0.278. The topological polar surface area (TPSA) is 84.5 Å². The predicted octanol–water partition coefficient (Wildman–Crippen LogP) is 1.48. The van der Waals surface area contributed by atoms with Crippen molar-refractivity contribution in [2.24, 2.45) is 0 Å². The Kier molecular flexibility index (Phi) is 7.26. The summed E-state index contributed by atoms with van der Waals surface area (Å²) in [5.74, 6) is -1.39. The van der Waals surface area contributed by atoms with Crippen LogP contribution in [0.4, 0.5) is 4.39 Å². The van der Waals surface area contributed by atoms with Gasteiger partial charge in [-0.3, -0.25) is 4.79 Å². The number of halogens is 1. The van der Waals surface area contributed by atoms with Crippen molar-refractivity contribution >= 4 is 15.9 Å². The Morgan fingerprint density at radius 1 is 1.12 bits per heavy atom. The third kappa shape index (κ3) is 5.62. The van der Waals surface area contributed by atoms with Crippen molar-refractivity contribution in [2.45, 2.75) is 17.4 Å². The van der Waals surface area contributed by atoms with E-state index in [1.807, 2.05) is 6.07 Å². The van der Waals surface area contributed by atoms with Crippen molar-refractivity contribution in [2.75, 3.05) is 20.3 Å². The summed E-state index contributed by atoms with van der Waals surface area (Å²) in [5.41, 5.74) is 0.774. The summed E-state index contributed by atoms with van der Waals surface area (Å²) in [6, 6.07) is 12.9. The molecule has 2 aromatic carbocycles. The van der Waals surface area contributed by atoms with Crippen LogP contribution in [0.5, 0.6) is 0 Å². The molecule has 0 aliphatic heterocycles. The molecule has 0 saturated carbocycles.